The van der Waals surface area contributed by atoms with Crippen LogP contribution in [0, 0.1) is 35.0 Å². The summed E-state index contributed by atoms with van der Waals surface area (Å²) in [7, 11) is 0. The molecule has 2 heteroatoms. The fourth-order valence-corrected chi connectivity index (χ4v) is 5.12. The lowest BCUT2D eigenvalue weighted by atomic mass is 9.58. The Kier molecular flexibility index (Phi) is 4.11. The van der Waals surface area contributed by atoms with Crippen LogP contribution < -0.4 is 0 Å². The summed E-state index contributed by atoms with van der Waals surface area (Å²) < 4.78 is 0. The average Bonchev–Trinajstić information content (AvgIpc) is 2.62. The number of rotatable bonds is 2. The van der Waals surface area contributed by atoms with Gasteiger partial charge in [-0.2, -0.15) is 0 Å². The van der Waals surface area contributed by atoms with Gasteiger partial charge in [-0.05, 0) is 68.6 Å². The van der Waals surface area contributed by atoms with Crippen LogP contribution in [0.2, 0.25) is 0 Å². The normalized spacial score (nSPS) is 48.4. The average molecular weight is 266 g/mol. The summed E-state index contributed by atoms with van der Waals surface area (Å²) in [5.74, 6) is 2.84. The molecule has 7 atom stereocenters. The molecule has 1 spiro atoms. The molecule has 0 aromatic heterocycles. The number of aliphatic hydroxyl groups excluding tert-OH is 1. The van der Waals surface area contributed by atoms with Crippen molar-refractivity contribution in [3.63, 3.8) is 0 Å². The second kappa shape index (κ2) is 5.20. The Morgan fingerprint density at radius 2 is 1.79 bits per heavy atom. The number of hydrogen-bond donors (Lipinski definition) is 1. The van der Waals surface area contributed by atoms with E-state index in [4.69, 9.17) is 0 Å². The fraction of sp³-hybridized carbons (Fsp3) is 0.941. The first kappa shape index (κ1) is 15.0. The maximum atomic E-state index is 11.8. The van der Waals surface area contributed by atoms with E-state index in [-0.39, 0.29) is 12.0 Å². The van der Waals surface area contributed by atoms with Gasteiger partial charge in [0.2, 0.25) is 0 Å². The third kappa shape index (κ3) is 2.61. The third-order valence-corrected chi connectivity index (χ3v) is 6.33. The SMILES string of the molecule is CC(=O)C1CC2(CC1C)CC(C(C)O)C(C)CC2C. The highest BCUT2D eigenvalue weighted by atomic mass is 16.3. The Morgan fingerprint density at radius 1 is 1.16 bits per heavy atom. The molecule has 7 unspecified atom stereocenters. The zero-order valence-corrected chi connectivity index (χ0v) is 13.1. The van der Waals surface area contributed by atoms with Crippen LogP contribution in [-0.4, -0.2) is 17.0 Å². The zero-order valence-electron chi connectivity index (χ0n) is 13.1. The molecule has 1 N–H and O–H groups in total. The van der Waals surface area contributed by atoms with E-state index in [0.717, 1.165) is 12.8 Å². The van der Waals surface area contributed by atoms with Crippen LogP contribution in [0.4, 0.5) is 0 Å². The van der Waals surface area contributed by atoms with E-state index in [0.29, 0.717) is 34.9 Å². The van der Waals surface area contributed by atoms with Crippen molar-refractivity contribution in [1.82, 2.24) is 0 Å². The van der Waals surface area contributed by atoms with Gasteiger partial charge in [-0.3, -0.25) is 4.79 Å². The molecule has 0 aromatic rings. The van der Waals surface area contributed by atoms with E-state index in [9.17, 15) is 9.90 Å². The predicted molar refractivity (Wildman–Crippen MR) is 77.7 cm³/mol. The molecule has 2 saturated carbocycles. The van der Waals surface area contributed by atoms with Gasteiger partial charge in [0.1, 0.15) is 5.78 Å². The van der Waals surface area contributed by atoms with Crippen molar-refractivity contribution in [1.29, 1.82) is 0 Å². The van der Waals surface area contributed by atoms with Crippen LogP contribution in [0.1, 0.15) is 60.3 Å². The van der Waals surface area contributed by atoms with Gasteiger partial charge in [0.05, 0.1) is 6.10 Å². The van der Waals surface area contributed by atoms with E-state index in [1.807, 2.05) is 6.92 Å². The molecule has 19 heavy (non-hydrogen) atoms. The quantitative estimate of drug-likeness (QED) is 0.828. The molecular formula is C17H30O2. The smallest absolute Gasteiger partial charge is 0.133 e. The minimum atomic E-state index is -0.217. The Hall–Kier alpha value is -0.370. The number of aliphatic hydroxyl groups is 1. The molecule has 2 fully saturated rings. The first-order valence-electron chi connectivity index (χ1n) is 7.95. The highest BCUT2D eigenvalue weighted by molar-refractivity contribution is 5.79. The Labute approximate surface area is 118 Å². The molecule has 0 amide bonds. The second-order valence-corrected chi connectivity index (χ2v) is 7.69. The lowest BCUT2D eigenvalue weighted by molar-refractivity contribution is -0.122. The summed E-state index contributed by atoms with van der Waals surface area (Å²) >= 11 is 0. The van der Waals surface area contributed by atoms with Crippen molar-refractivity contribution in [2.75, 3.05) is 0 Å². The predicted octanol–water partition coefficient (Wildman–Crippen LogP) is 3.67. The molecule has 0 saturated heterocycles. The fourth-order valence-electron chi connectivity index (χ4n) is 5.12. The van der Waals surface area contributed by atoms with Crippen molar-refractivity contribution >= 4 is 5.78 Å². The number of carbonyl (C=O) groups excluding carboxylic acids is 1. The molecule has 0 bridgehead atoms. The molecule has 0 radical (unpaired) electrons. The van der Waals surface area contributed by atoms with Crippen molar-refractivity contribution < 1.29 is 9.90 Å². The van der Waals surface area contributed by atoms with E-state index in [1.54, 1.807) is 6.92 Å². The van der Waals surface area contributed by atoms with Crippen LogP contribution in [0.3, 0.4) is 0 Å². The molecule has 0 aromatic carbocycles. The maximum absolute atomic E-state index is 11.8. The Morgan fingerprint density at radius 3 is 2.26 bits per heavy atom. The minimum Gasteiger partial charge on any atom is -0.393 e. The first-order chi connectivity index (χ1) is 8.77. The first-order valence-corrected chi connectivity index (χ1v) is 7.95. The summed E-state index contributed by atoms with van der Waals surface area (Å²) in [5, 5.41) is 10.1. The summed E-state index contributed by atoms with van der Waals surface area (Å²) in [4.78, 5) is 11.8. The van der Waals surface area contributed by atoms with Gasteiger partial charge >= 0.3 is 0 Å². The van der Waals surface area contributed by atoms with E-state index in [1.165, 1.54) is 12.8 Å². The van der Waals surface area contributed by atoms with Gasteiger partial charge < -0.3 is 5.11 Å². The summed E-state index contributed by atoms with van der Waals surface area (Å²) in [6.45, 7) is 10.6. The molecule has 0 heterocycles. The van der Waals surface area contributed by atoms with E-state index < -0.39 is 0 Å². The third-order valence-electron chi connectivity index (χ3n) is 6.33. The highest BCUT2D eigenvalue weighted by Crippen LogP contribution is 2.59. The summed E-state index contributed by atoms with van der Waals surface area (Å²) in [5.41, 5.74) is 0.309. The number of ketones is 1. The van der Waals surface area contributed by atoms with Crippen LogP contribution in [0.5, 0.6) is 0 Å². The minimum absolute atomic E-state index is 0.217. The molecule has 0 aliphatic heterocycles. The van der Waals surface area contributed by atoms with Crippen molar-refractivity contribution in [3.05, 3.63) is 0 Å². The monoisotopic (exact) mass is 266 g/mol. The summed E-state index contributed by atoms with van der Waals surface area (Å²) in [6.07, 6.45) is 4.33. The number of Topliss-reactive ketones (excluding diaryl/α,β-unsaturated/α-hetero) is 1. The van der Waals surface area contributed by atoms with Crippen LogP contribution in [0.15, 0.2) is 0 Å². The lowest BCUT2D eigenvalue weighted by Gasteiger charge is -2.48. The zero-order chi connectivity index (χ0) is 14.4. The molecule has 2 aliphatic rings. The largest absolute Gasteiger partial charge is 0.393 e. The van der Waals surface area contributed by atoms with Crippen molar-refractivity contribution in [3.8, 4) is 0 Å². The topological polar surface area (TPSA) is 37.3 Å². The number of hydrogen-bond acceptors (Lipinski definition) is 2. The van der Waals surface area contributed by atoms with Crippen LogP contribution >= 0.6 is 0 Å². The van der Waals surface area contributed by atoms with Gasteiger partial charge in [0.15, 0.2) is 0 Å². The van der Waals surface area contributed by atoms with Gasteiger partial charge in [-0.1, -0.05) is 20.8 Å². The molecule has 110 valence electrons. The molecule has 2 rings (SSSR count). The second-order valence-electron chi connectivity index (χ2n) is 7.69. The van der Waals surface area contributed by atoms with Gasteiger partial charge in [0.25, 0.3) is 0 Å². The van der Waals surface area contributed by atoms with Gasteiger partial charge in [-0.25, -0.2) is 0 Å². The molecule has 2 nitrogen and oxygen atoms in total. The Balaban J connectivity index is 2.21. The Bertz CT molecular complexity index is 349. The van der Waals surface area contributed by atoms with Crippen LogP contribution in [-0.2, 0) is 4.79 Å². The molecular weight excluding hydrogens is 236 g/mol. The molecule has 2 aliphatic carbocycles. The highest BCUT2D eigenvalue weighted by Gasteiger charge is 2.52. The number of carbonyl (C=O) groups is 1. The summed E-state index contributed by atoms with van der Waals surface area (Å²) in [6, 6.07) is 0. The van der Waals surface area contributed by atoms with Crippen molar-refractivity contribution in [2.45, 2.75) is 66.4 Å². The standard InChI is InChI=1S/C17H30O2/c1-10-6-12(3)17(8-15(10)13(4)18)7-11(2)16(9-17)14(5)19/h10-13,15-16,18H,6-9H2,1-5H3. The lowest BCUT2D eigenvalue weighted by Crippen LogP contribution is -2.41. The maximum Gasteiger partial charge on any atom is 0.133 e. The van der Waals surface area contributed by atoms with Gasteiger partial charge in [0, 0.05) is 5.92 Å². The van der Waals surface area contributed by atoms with E-state index >= 15 is 0 Å². The van der Waals surface area contributed by atoms with Gasteiger partial charge in [-0.15, -0.1) is 0 Å². The van der Waals surface area contributed by atoms with E-state index in [2.05, 4.69) is 20.8 Å². The van der Waals surface area contributed by atoms with Crippen molar-refractivity contribution in [2.24, 2.45) is 35.0 Å². The van der Waals surface area contributed by atoms with Crippen LogP contribution in [0.25, 0.3) is 0 Å².